The number of halogens is 3. The minimum absolute atomic E-state index is 0.00404. The first kappa shape index (κ1) is 18.5. The lowest BCUT2D eigenvalue weighted by Gasteiger charge is -2.25. The largest absolute Gasteiger partial charge is 0.416 e. The molecule has 2 aromatic carbocycles. The topological polar surface area (TPSA) is 32.3 Å². The van der Waals surface area contributed by atoms with E-state index in [9.17, 15) is 18.0 Å². The zero-order valence-electron chi connectivity index (χ0n) is 14.8. The van der Waals surface area contributed by atoms with Crippen LogP contribution < -0.4 is 5.32 Å². The molecule has 1 amide bonds. The number of carbonyl (C=O) groups is 1. The highest BCUT2D eigenvalue weighted by Gasteiger charge is 2.33. The summed E-state index contributed by atoms with van der Waals surface area (Å²) in [5, 5.41) is 2.71. The van der Waals surface area contributed by atoms with Crippen molar-refractivity contribution in [2.75, 3.05) is 18.9 Å². The molecule has 0 saturated heterocycles. The second-order valence-corrected chi connectivity index (χ2v) is 6.65. The molecule has 0 atom stereocenters. The molecule has 0 aliphatic carbocycles. The van der Waals surface area contributed by atoms with Crippen molar-refractivity contribution >= 4 is 11.6 Å². The number of nitrogens with zero attached hydrogens (tertiary/aromatic N) is 1. The fraction of sp³-hybridized carbons (Fsp3) is 0.350. The number of anilines is 1. The summed E-state index contributed by atoms with van der Waals surface area (Å²) in [6.07, 6.45) is -3.26. The Hall–Kier alpha value is -2.34. The average molecular weight is 362 g/mol. The number of hydrogen-bond donors (Lipinski definition) is 1. The van der Waals surface area contributed by atoms with E-state index in [0.717, 1.165) is 31.1 Å². The van der Waals surface area contributed by atoms with Gasteiger partial charge in [0.25, 0.3) is 5.91 Å². The summed E-state index contributed by atoms with van der Waals surface area (Å²) in [4.78, 5) is 14.6. The Bertz CT molecular complexity index is 830. The van der Waals surface area contributed by atoms with Gasteiger partial charge in [0.1, 0.15) is 0 Å². The van der Waals surface area contributed by atoms with Crippen LogP contribution in [0.1, 0.15) is 39.5 Å². The number of aryl methyl sites for hydroxylation is 1. The van der Waals surface area contributed by atoms with Crippen molar-refractivity contribution in [3.63, 3.8) is 0 Å². The van der Waals surface area contributed by atoms with E-state index in [-0.39, 0.29) is 17.5 Å². The van der Waals surface area contributed by atoms with Gasteiger partial charge < -0.3 is 10.2 Å². The maximum Gasteiger partial charge on any atom is 0.416 e. The van der Waals surface area contributed by atoms with Gasteiger partial charge in [-0.05, 0) is 60.8 Å². The molecule has 0 bridgehead atoms. The van der Waals surface area contributed by atoms with E-state index in [1.165, 1.54) is 17.7 Å². The highest BCUT2D eigenvalue weighted by molar-refractivity contribution is 6.04. The number of nitrogens with one attached hydrogen (secondary N) is 1. The van der Waals surface area contributed by atoms with E-state index in [0.29, 0.717) is 5.69 Å². The second-order valence-electron chi connectivity index (χ2n) is 6.65. The van der Waals surface area contributed by atoms with Crippen LogP contribution in [0.3, 0.4) is 0 Å². The van der Waals surface area contributed by atoms with Crippen LogP contribution in [0.2, 0.25) is 0 Å². The number of hydrogen-bond acceptors (Lipinski definition) is 2. The number of fused-ring (bicyclic) bond motifs is 1. The van der Waals surface area contributed by atoms with E-state index in [2.05, 4.69) is 10.2 Å². The first-order valence-electron chi connectivity index (χ1n) is 8.59. The van der Waals surface area contributed by atoms with Crippen LogP contribution in [-0.4, -0.2) is 24.4 Å². The van der Waals surface area contributed by atoms with Crippen LogP contribution in [0.15, 0.2) is 36.4 Å². The third kappa shape index (κ3) is 3.90. The molecule has 26 heavy (non-hydrogen) atoms. The third-order valence-electron chi connectivity index (χ3n) is 4.73. The summed E-state index contributed by atoms with van der Waals surface area (Å²) in [7, 11) is 2.03. The van der Waals surface area contributed by atoms with Crippen LogP contribution in [0.5, 0.6) is 0 Å². The smallest absolute Gasteiger partial charge is 0.322 e. The standard InChI is InChI=1S/C20H21F3N2O/c1-3-13-4-5-15(11-18(13)20(21,22)23)19(26)24-17-7-6-14-8-9-25(2)12-16(14)10-17/h4-7,10-11H,3,8-9,12H2,1-2H3,(H,24,26). The van der Waals surface area contributed by atoms with Crippen molar-refractivity contribution in [3.8, 4) is 0 Å². The highest BCUT2D eigenvalue weighted by atomic mass is 19.4. The van der Waals surface area contributed by atoms with Gasteiger partial charge in [0.05, 0.1) is 5.56 Å². The lowest BCUT2D eigenvalue weighted by molar-refractivity contribution is -0.138. The number of rotatable bonds is 3. The molecule has 0 spiro atoms. The van der Waals surface area contributed by atoms with E-state index >= 15 is 0 Å². The van der Waals surface area contributed by atoms with Gasteiger partial charge in [0.15, 0.2) is 0 Å². The highest BCUT2D eigenvalue weighted by Crippen LogP contribution is 2.33. The number of alkyl halides is 3. The number of carbonyl (C=O) groups excluding carboxylic acids is 1. The molecular weight excluding hydrogens is 341 g/mol. The molecule has 0 saturated carbocycles. The van der Waals surface area contributed by atoms with Gasteiger partial charge in [0, 0.05) is 24.3 Å². The van der Waals surface area contributed by atoms with Crippen molar-refractivity contribution in [2.24, 2.45) is 0 Å². The van der Waals surface area contributed by atoms with E-state index < -0.39 is 17.6 Å². The maximum absolute atomic E-state index is 13.2. The molecular formula is C20H21F3N2O. The Kier molecular flexibility index (Phi) is 5.05. The first-order valence-corrected chi connectivity index (χ1v) is 8.59. The monoisotopic (exact) mass is 362 g/mol. The van der Waals surface area contributed by atoms with Gasteiger partial charge in [0.2, 0.25) is 0 Å². The average Bonchev–Trinajstić information content (AvgIpc) is 2.60. The van der Waals surface area contributed by atoms with Crippen molar-refractivity contribution in [3.05, 3.63) is 64.2 Å². The summed E-state index contributed by atoms with van der Waals surface area (Å²) >= 11 is 0. The molecule has 1 N–H and O–H groups in total. The zero-order valence-corrected chi connectivity index (χ0v) is 14.8. The molecule has 3 rings (SSSR count). The zero-order chi connectivity index (χ0) is 18.9. The van der Waals surface area contributed by atoms with Crippen molar-refractivity contribution in [1.29, 1.82) is 0 Å². The molecule has 2 aromatic rings. The summed E-state index contributed by atoms with van der Waals surface area (Å²) < 4.78 is 39.6. The van der Waals surface area contributed by atoms with Gasteiger partial charge in [-0.2, -0.15) is 13.2 Å². The number of amides is 1. The third-order valence-corrected chi connectivity index (χ3v) is 4.73. The van der Waals surface area contributed by atoms with Gasteiger partial charge in [-0.1, -0.05) is 19.1 Å². The summed E-state index contributed by atoms with van der Waals surface area (Å²) in [5.41, 5.74) is 2.41. The predicted octanol–water partition coefficient (Wildman–Crippen LogP) is 4.51. The molecule has 138 valence electrons. The quantitative estimate of drug-likeness (QED) is 0.871. The summed E-state index contributed by atoms with van der Waals surface area (Å²) in [6, 6.07) is 9.41. The van der Waals surface area contributed by atoms with Crippen LogP contribution in [0, 0.1) is 0 Å². The molecule has 0 unspecified atom stereocenters. The van der Waals surface area contributed by atoms with Crippen molar-refractivity contribution in [1.82, 2.24) is 4.90 Å². The first-order chi connectivity index (χ1) is 12.3. The Morgan fingerprint density at radius 2 is 1.92 bits per heavy atom. The predicted molar refractivity (Wildman–Crippen MR) is 95.3 cm³/mol. The van der Waals surface area contributed by atoms with Crippen LogP contribution >= 0.6 is 0 Å². The minimum Gasteiger partial charge on any atom is -0.322 e. The van der Waals surface area contributed by atoms with Crippen LogP contribution in [0.25, 0.3) is 0 Å². The second kappa shape index (κ2) is 7.11. The molecule has 0 fully saturated rings. The number of benzene rings is 2. The summed E-state index contributed by atoms with van der Waals surface area (Å²) in [6.45, 7) is 3.44. The fourth-order valence-corrected chi connectivity index (χ4v) is 3.27. The van der Waals surface area contributed by atoms with Crippen molar-refractivity contribution in [2.45, 2.75) is 32.5 Å². The maximum atomic E-state index is 13.2. The Balaban J connectivity index is 1.83. The normalized spacial score (nSPS) is 14.8. The van der Waals surface area contributed by atoms with Crippen LogP contribution in [0.4, 0.5) is 18.9 Å². The molecule has 1 aliphatic rings. The Morgan fingerprint density at radius 3 is 2.62 bits per heavy atom. The fourth-order valence-electron chi connectivity index (χ4n) is 3.27. The summed E-state index contributed by atoms with van der Waals surface area (Å²) in [5.74, 6) is -0.540. The molecule has 6 heteroatoms. The molecule has 1 aliphatic heterocycles. The molecule has 1 heterocycles. The van der Waals surface area contributed by atoms with Crippen LogP contribution in [-0.2, 0) is 25.6 Å². The van der Waals surface area contributed by atoms with Crippen molar-refractivity contribution < 1.29 is 18.0 Å². The lowest BCUT2D eigenvalue weighted by atomic mass is 9.99. The van der Waals surface area contributed by atoms with E-state index in [4.69, 9.17) is 0 Å². The SMILES string of the molecule is CCc1ccc(C(=O)Nc2ccc3c(c2)CN(C)CC3)cc1C(F)(F)F. The van der Waals surface area contributed by atoms with Gasteiger partial charge >= 0.3 is 6.18 Å². The Morgan fingerprint density at radius 1 is 1.15 bits per heavy atom. The molecule has 0 aromatic heterocycles. The minimum atomic E-state index is -4.47. The lowest BCUT2D eigenvalue weighted by Crippen LogP contribution is -2.26. The van der Waals surface area contributed by atoms with E-state index in [1.807, 2.05) is 19.2 Å². The van der Waals surface area contributed by atoms with Gasteiger partial charge in [-0.3, -0.25) is 4.79 Å². The van der Waals surface area contributed by atoms with E-state index in [1.54, 1.807) is 13.0 Å². The number of likely N-dealkylation sites (N-methyl/N-ethyl adjacent to an activating group) is 1. The molecule has 0 radical (unpaired) electrons. The van der Waals surface area contributed by atoms with Gasteiger partial charge in [-0.15, -0.1) is 0 Å². The Labute approximate surface area is 150 Å². The van der Waals surface area contributed by atoms with Gasteiger partial charge in [-0.25, -0.2) is 0 Å². The molecule has 3 nitrogen and oxygen atoms in total.